The van der Waals surface area contributed by atoms with Gasteiger partial charge >= 0.3 is 0 Å². The van der Waals surface area contributed by atoms with Gasteiger partial charge in [0.25, 0.3) is 5.91 Å². The van der Waals surface area contributed by atoms with E-state index in [2.05, 4.69) is 11.4 Å². The highest BCUT2D eigenvalue weighted by molar-refractivity contribution is 5.99. The molecule has 0 radical (unpaired) electrons. The molecule has 2 aliphatic rings. The lowest BCUT2D eigenvalue weighted by Crippen LogP contribution is -2.21. The molecule has 0 spiro atoms. The van der Waals surface area contributed by atoms with Crippen molar-refractivity contribution in [1.29, 1.82) is 0 Å². The molecule has 17 heavy (non-hydrogen) atoms. The van der Waals surface area contributed by atoms with Crippen LogP contribution < -0.4 is 11.1 Å². The number of amides is 1. The van der Waals surface area contributed by atoms with Crippen molar-refractivity contribution >= 4 is 17.7 Å². The summed E-state index contributed by atoms with van der Waals surface area (Å²) in [6.07, 6.45) is 6.68. The van der Waals surface area contributed by atoms with Crippen LogP contribution in [0.1, 0.15) is 12.0 Å². The van der Waals surface area contributed by atoms with Crippen molar-refractivity contribution in [2.24, 2.45) is 5.73 Å². The SMILES string of the molecule is NC(=O)C1=C2Nc3ccccc3C=C2CC=C1. The number of nitrogens with one attached hydrogen (secondary N) is 1. The van der Waals surface area contributed by atoms with E-state index in [-0.39, 0.29) is 0 Å². The van der Waals surface area contributed by atoms with E-state index >= 15 is 0 Å². The van der Waals surface area contributed by atoms with Crippen LogP contribution in [-0.2, 0) is 4.79 Å². The van der Waals surface area contributed by atoms with E-state index in [1.54, 1.807) is 6.08 Å². The molecule has 0 unspecified atom stereocenters. The first-order chi connectivity index (χ1) is 8.25. The Bertz CT molecular complexity index is 594. The Morgan fingerprint density at radius 2 is 2.12 bits per heavy atom. The van der Waals surface area contributed by atoms with Gasteiger partial charge in [-0.3, -0.25) is 4.79 Å². The molecule has 3 heteroatoms. The molecule has 0 saturated carbocycles. The maximum atomic E-state index is 11.4. The number of para-hydroxylation sites is 1. The third kappa shape index (κ3) is 1.56. The van der Waals surface area contributed by atoms with Gasteiger partial charge in [-0.25, -0.2) is 0 Å². The molecule has 84 valence electrons. The number of rotatable bonds is 1. The first-order valence-corrected chi connectivity index (χ1v) is 5.53. The number of allylic oxidation sites excluding steroid dienone is 2. The van der Waals surface area contributed by atoms with E-state index in [0.29, 0.717) is 5.57 Å². The highest BCUT2D eigenvalue weighted by Crippen LogP contribution is 2.34. The van der Waals surface area contributed by atoms with Gasteiger partial charge in [-0.2, -0.15) is 0 Å². The predicted molar refractivity (Wildman–Crippen MR) is 68.0 cm³/mol. The number of hydrogen-bond donors (Lipinski definition) is 2. The molecule has 0 atom stereocenters. The minimum absolute atomic E-state index is 0.395. The van der Waals surface area contributed by atoms with Crippen LogP contribution in [0.4, 0.5) is 5.69 Å². The molecule has 0 bridgehead atoms. The predicted octanol–water partition coefficient (Wildman–Crippen LogP) is 2.19. The van der Waals surface area contributed by atoms with Gasteiger partial charge in [0.05, 0.1) is 11.3 Å². The van der Waals surface area contributed by atoms with Crippen LogP contribution in [0.5, 0.6) is 0 Å². The van der Waals surface area contributed by atoms with Gasteiger partial charge in [0.1, 0.15) is 0 Å². The number of benzene rings is 1. The van der Waals surface area contributed by atoms with Gasteiger partial charge in [-0.15, -0.1) is 0 Å². The van der Waals surface area contributed by atoms with Gasteiger partial charge in [-0.05, 0) is 29.7 Å². The summed E-state index contributed by atoms with van der Waals surface area (Å²) in [6, 6.07) is 8.01. The fraction of sp³-hybridized carbons (Fsp3) is 0.0714. The Morgan fingerprint density at radius 3 is 2.94 bits per heavy atom. The van der Waals surface area contributed by atoms with Crippen LogP contribution in [0.25, 0.3) is 6.08 Å². The third-order valence-electron chi connectivity index (χ3n) is 3.03. The average Bonchev–Trinajstić information content (AvgIpc) is 2.35. The van der Waals surface area contributed by atoms with Crippen LogP contribution in [0.3, 0.4) is 0 Å². The molecule has 3 nitrogen and oxygen atoms in total. The summed E-state index contributed by atoms with van der Waals surface area (Å²) < 4.78 is 0. The van der Waals surface area contributed by atoms with Crippen molar-refractivity contribution in [1.82, 2.24) is 0 Å². The summed E-state index contributed by atoms with van der Waals surface area (Å²) >= 11 is 0. The van der Waals surface area contributed by atoms with E-state index in [0.717, 1.165) is 28.9 Å². The first-order valence-electron chi connectivity index (χ1n) is 5.53. The zero-order valence-corrected chi connectivity index (χ0v) is 9.23. The largest absolute Gasteiger partial charge is 0.366 e. The maximum Gasteiger partial charge on any atom is 0.250 e. The molecule has 1 aliphatic carbocycles. The molecule has 1 aromatic rings. The van der Waals surface area contributed by atoms with Crippen molar-refractivity contribution in [3.05, 3.63) is 58.8 Å². The van der Waals surface area contributed by atoms with Crippen molar-refractivity contribution in [2.75, 3.05) is 5.32 Å². The third-order valence-corrected chi connectivity index (χ3v) is 3.03. The van der Waals surface area contributed by atoms with Crippen molar-refractivity contribution in [2.45, 2.75) is 6.42 Å². The zero-order chi connectivity index (χ0) is 11.8. The van der Waals surface area contributed by atoms with Gasteiger partial charge < -0.3 is 11.1 Å². The second-order valence-corrected chi connectivity index (χ2v) is 4.14. The van der Waals surface area contributed by atoms with Crippen molar-refractivity contribution < 1.29 is 4.79 Å². The molecule has 1 heterocycles. The fourth-order valence-electron chi connectivity index (χ4n) is 2.21. The van der Waals surface area contributed by atoms with Crippen LogP contribution in [0, 0.1) is 0 Å². The lowest BCUT2D eigenvalue weighted by atomic mass is 9.92. The maximum absolute atomic E-state index is 11.4. The number of fused-ring (bicyclic) bond motifs is 2. The number of nitrogens with two attached hydrogens (primary N) is 1. The monoisotopic (exact) mass is 224 g/mol. The Morgan fingerprint density at radius 1 is 1.29 bits per heavy atom. The van der Waals surface area contributed by atoms with Crippen LogP contribution in [-0.4, -0.2) is 5.91 Å². The molecule has 1 amide bonds. The minimum Gasteiger partial charge on any atom is -0.366 e. The van der Waals surface area contributed by atoms with Crippen molar-refractivity contribution in [3.63, 3.8) is 0 Å². The quantitative estimate of drug-likeness (QED) is 0.768. The average molecular weight is 224 g/mol. The van der Waals surface area contributed by atoms with E-state index in [1.807, 2.05) is 30.3 Å². The topological polar surface area (TPSA) is 55.1 Å². The summed E-state index contributed by atoms with van der Waals surface area (Å²) in [5, 5.41) is 3.29. The summed E-state index contributed by atoms with van der Waals surface area (Å²) in [4.78, 5) is 11.4. The Balaban J connectivity index is 2.17. The summed E-state index contributed by atoms with van der Waals surface area (Å²) in [5.41, 5.74) is 10.0. The lowest BCUT2D eigenvalue weighted by molar-refractivity contribution is -0.114. The van der Waals surface area contributed by atoms with E-state index in [1.165, 1.54) is 0 Å². The second-order valence-electron chi connectivity index (χ2n) is 4.14. The highest BCUT2D eigenvalue weighted by atomic mass is 16.1. The molecule has 0 fully saturated rings. The van der Waals surface area contributed by atoms with Crippen LogP contribution in [0.15, 0.2) is 53.3 Å². The van der Waals surface area contributed by atoms with E-state index < -0.39 is 5.91 Å². The molecule has 3 rings (SSSR count). The number of carbonyl (C=O) groups is 1. The summed E-state index contributed by atoms with van der Waals surface area (Å²) in [6.45, 7) is 0. The molecule has 1 aromatic carbocycles. The molecule has 0 saturated heterocycles. The molecule has 1 aliphatic heterocycles. The molecular weight excluding hydrogens is 212 g/mol. The Hall–Kier alpha value is -2.29. The minimum atomic E-state index is -0.395. The second kappa shape index (κ2) is 3.63. The molecule has 0 aromatic heterocycles. The highest BCUT2D eigenvalue weighted by Gasteiger charge is 2.21. The first kappa shape index (κ1) is 9.90. The fourth-order valence-corrected chi connectivity index (χ4v) is 2.21. The number of hydrogen-bond acceptors (Lipinski definition) is 2. The number of anilines is 1. The Labute approximate surface area is 99.3 Å². The smallest absolute Gasteiger partial charge is 0.250 e. The Kier molecular flexibility index (Phi) is 2.11. The van der Waals surface area contributed by atoms with Crippen LogP contribution in [0.2, 0.25) is 0 Å². The van der Waals surface area contributed by atoms with Gasteiger partial charge in [0.15, 0.2) is 0 Å². The normalized spacial score (nSPS) is 16.8. The zero-order valence-electron chi connectivity index (χ0n) is 9.23. The number of primary amides is 1. The lowest BCUT2D eigenvalue weighted by Gasteiger charge is -2.25. The summed E-state index contributed by atoms with van der Waals surface area (Å²) in [7, 11) is 0. The van der Waals surface area contributed by atoms with Gasteiger partial charge in [-0.1, -0.05) is 30.4 Å². The standard InChI is InChI=1S/C14H12N2O/c15-14(17)11-6-3-5-10-8-9-4-1-2-7-12(9)16-13(10)11/h1-4,6-8,16H,5H2,(H2,15,17). The molecule has 3 N–H and O–H groups in total. The number of carbonyl (C=O) groups excluding carboxylic acids is 1. The van der Waals surface area contributed by atoms with Gasteiger partial charge in [0, 0.05) is 5.69 Å². The van der Waals surface area contributed by atoms with E-state index in [4.69, 9.17) is 5.73 Å². The van der Waals surface area contributed by atoms with Gasteiger partial charge in [0.2, 0.25) is 0 Å². The van der Waals surface area contributed by atoms with E-state index in [9.17, 15) is 4.79 Å². The van der Waals surface area contributed by atoms with Crippen molar-refractivity contribution in [3.8, 4) is 0 Å². The van der Waals surface area contributed by atoms with Crippen LogP contribution >= 0.6 is 0 Å². The molecular formula is C14H12N2O. The summed E-state index contributed by atoms with van der Waals surface area (Å²) in [5.74, 6) is -0.395.